The van der Waals surface area contributed by atoms with Crippen LogP contribution in [-0.4, -0.2) is 27.9 Å². The van der Waals surface area contributed by atoms with Crippen LogP contribution in [0.3, 0.4) is 0 Å². The Kier molecular flexibility index (Phi) is 3.99. The fraction of sp³-hybridized carbons (Fsp3) is 0.364. The average molecular weight is 226 g/mol. The van der Waals surface area contributed by atoms with Crippen molar-refractivity contribution in [3.05, 3.63) is 35.0 Å². The van der Waals surface area contributed by atoms with Crippen LogP contribution in [-0.2, 0) is 9.53 Å². The highest BCUT2D eigenvalue weighted by Gasteiger charge is 2.17. The second kappa shape index (κ2) is 5.25. The number of ether oxygens (including phenoxy) is 1. The molecule has 16 heavy (non-hydrogen) atoms. The molecule has 1 rings (SSSR count). The lowest BCUT2D eigenvalue weighted by molar-refractivity contribution is -0.138. The molecule has 0 radical (unpaired) electrons. The predicted octanol–water partition coefficient (Wildman–Crippen LogP) is 2.04. The van der Waals surface area contributed by atoms with E-state index in [0.29, 0.717) is 6.42 Å². The smallest absolute Gasteiger partial charge is 0.337 e. The fourth-order valence-electron chi connectivity index (χ4n) is 1.15. The molecule has 0 aromatic heterocycles. The Morgan fingerprint density at radius 3 is 2.75 bits per heavy atom. The van der Waals surface area contributed by atoms with Gasteiger partial charge in [-0.25, -0.2) is 4.79 Å². The maximum absolute atomic E-state index is 11.4. The summed E-state index contributed by atoms with van der Waals surface area (Å²) in [6.45, 7) is 2.15. The summed E-state index contributed by atoms with van der Waals surface area (Å²) in [6.07, 6.45) is 3.12. The van der Waals surface area contributed by atoms with E-state index in [-0.39, 0.29) is 24.4 Å². The zero-order valence-corrected chi connectivity index (χ0v) is 8.93. The number of carbonyl (C=O) groups is 1. The van der Waals surface area contributed by atoms with E-state index < -0.39 is 17.5 Å². The van der Waals surface area contributed by atoms with Gasteiger partial charge in [0.15, 0.2) is 11.5 Å². The summed E-state index contributed by atoms with van der Waals surface area (Å²) in [5.74, 6) is -2.13. The molecule has 0 saturated heterocycles. The van der Waals surface area contributed by atoms with Gasteiger partial charge in [-0.05, 0) is 12.5 Å². The molecule has 0 fully saturated rings. The van der Waals surface area contributed by atoms with Crippen LogP contribution in [0.2, 0.25) is 0 Å². The molecule has 0 saturated carbocycles. The van der Waals surface area contributed by atoms with Crippen LogP contribution in [0.25, 0.3) is 0 Å². The lowest BCUT2D eigenvalue weighted by Crippen LogP contribution is -2.07. The van der Waals surface area contributed by atoms with Crippen LogP contribution in [0.1, 0.15) is 19.8 Å². The standard InChI is InChI=1S/C11H14O5/c1-2-5-16-11(15)7-3-4-8(12)10(14)9(13)6-7/h3,6,12-14H,2,4-5H2,1H3. The molecule has 0 aromatic rings. The topological polar surface area (TPSA) is 87.0 Å². The molecule has 5 nitrogen and oxygen atoms in total. The van der Waals surface area contributed by atoms with Crippen LogP contribution in [0.5, 0.6) is 0 Å². The molecule has 1 aliphatic carbocycles. The van der Waals surface area contributed by atoms with Crippen LogP contribution < -0.4 is 0 Å². The molecule has 0 spiro atoms. The van der Waals surface area contributed by atoms with Gasteiger partial charge < -0.3 is 20.1 Å². The minimum atomic E-state index is -0.616. The first-order chi connectivity index (χ1) is 7.56. The number of carbonyl (C=O) groups excluding carboxylic acids is 1. The van der Waals surface area contributed by atoms with E-state index in [1.165, 1.54) is 6.08 Å². The Labute approximate surface area is 93.0 Å². The Hall–Kier alpha value is -1.91. The van der Waals surface area contributed by atoms with Crippen molar-refractivity contribution >= 4 is 5.97 Å². The second-order valence-corrected chi connectivity index (χ2v) is 3.32. The molecule has 5 heteroatoms. The highest BCUT2D eigenvalue weighted by atomic mass is 16.5. The highest BCUT2D eigenvalue weighted by Crippen LogP contribution is 2.19. The van der Waals surface area contributed by atoms with E-state index in [2.05, 4.69) is 0 Å². The number of hydrogen-bond acceptors (Lipinski definition) is 5. The van der Waals surface area contributed by atoms with Gasteiger partial charge >= 0.3 is 5.97 Å². The minimum absolute atomic E-state index is 0.0248. The van der Waals surface area contributed by atoms with E-state index in [4.69, 9.17) is 4.74 Å². The maximum atomic E-state index is 11.4. The number of hydrogen-bond donors (Lipinski definition) is 3. The summed E-state index contributed by atoms with van der Waals surface area (Å²) in [5, 5.41) is 27.8. The highest BCUT2D eigenvalue weighted by molar-refractivity contribution is 5.92. The molecule has 1 aliphatic rings. The van der Waals surface area contributed by atoms with Gasteiger partial charge in [-0.3, -0.25) is 0 Å². The van der Waals surface area contributed by atoms with Gasteiger partial charge in [-0.1, -0.05) is 13.0 Å². The zero-order chi connectivity index (χ0) is 12.1. The minimum Gasteiger partial charge on any atom is -0.508 e. The molecule has 0 bridgehead atoms. The van der Waals surface area contributed by atoms with Crippen molar-refractivity contribution in [2.24, 2.45) is 0 Å². The third kappa shape index (κ3) is 2.79. The second-order valence-electron chi connectivity index (χ2n) is 3.32. The van der Waals surface area contributed by atoms with Gasteiger partial charge in [0.05, 0.1) is 12.2 Å². The maximum Gasteiger partial charge on any atom is 0.337 e. The number of allylic oxidation sites excluding steroid dienone is 1. The Bertz CT molecular complexity index is 376. The van der Waals surface area contributed by atoms with Gasteiger partial charge in [0.2, 0.25) is 0 Å². The zero-order valence-electron chi connectivity index (χ0n) is 8.93. The summed E-state index contributed by atoms with van der Waals surface area (Å²) in [7, 11) is 0. The van der Waals surface area contributed by atoms with Gasteiger partial charge in [0, 0.05) is 6.42 Å². The van der Waals surface area contributed by atoms with Crippen molar-refractivity contribution in [3.63, 3.8) is 0 Å². The predicted molar refractivity (Wildman–Crippen MR) is 56.9 cm³/mol. The number of aliphatic hydroxyl groups excluding tert-OH is 3. The van der Waals surface area contributed by atoms with E-state index in [0.717, 1.165) is 6.08 Å². The van der Waals surface area contributed by atoms with E-state index in [1.807, 2.05) is 6.92 Å². The first-order valence-electron chi connectivity index (χ1n) is 4.95. The molecule has 0 amide bonds. The van der Waals surface area contributed by atoms with Crippen LogP contribution in [0.15, 0.2) is 35.0 Å². The molecule has 88 valence electrons. The number of aliphatic hydroxyl groups is 3. The first kappa shape index (κ1) is 12.2. The summed E-state index contributed by atoms with van der Waals surface area (Å²) < 4.78 is 4.86. The monoisotopic (exact) mass is 226 g/mol. The SMILES string of the molecule is CCCOC(=O)C1=CCC(O)=C(O)C(O)=C1. The Morgan fingerprint density at radius 2 is 2.12 bits per heavy atom. The molecule has 0 aliphatic heterocycles. The quantitative estimate of drug-likeness (QED) is 0.641. The first-order valence-corrected chi connectivity index (χ1v) is 4.95. The fourth-order valence-corrected chi connectivity index (χ4v) is 1.15. The van der Waals surface area contributed by atoms with Gasteiger partial charge in [-0.15, -0.1) is 0 Å². The lowest BCUT2D eigenvalue weighted by atomic mass is 10.2. The molecular formula is C11H14O5. The number of rotatable bonds is 3. The van der Waals surface area contributed by atoms with E-state index in [9.17, 15) is 20.1 Å². The van der Waals surface area contributed by atoms with Gasteiger partial charge in [0.25, 0.3) is 0 Å². The molecule has 0 unspecified atom stereocenters. The average Bonchev–Trinajstić information content (AvgIpc) is 2.40. The Morgan fingerprint density at radius 1 is 1.44 bits per heavy atom. The summed E-state index contributed by atoms with van der Waals surface area (Å²) in [4.78, 5) is 11.4. The Balaban J connectivity index is 2.82. The van der Waals surface area contributed by atoms with E-state index in [1.54, 1.807) is 0 Å². The molecule has 0 aromatic carbocycles. The third-order valence-corrected chi connectivity index (χ3v) is 2.00. The molecule has 0 heterocycles. The van der Waals surface area contributed by atoms with Crippen molar-refractivity contribution in [2.75, 3.05) is 6.61 Å². The van der Waals surface area contributed by atoms with Gasteiger partial charge in [-0.2, -0.15) is 0 Å². The van der Waals surface area contributed by atoms with Gasteiger partial charge in [0.1, 0.15) is 5.76 Å². The van der Waals surface area contributed by atoms with Crippen LogP contribution in [0.4, 0.5) is 0 Å². The third-order valence-electron chi connectivity index (χ3n) is 2.00. The number of esters is 1. The summed E-state index contributed by atoms with van der Waals surface area (Å²) >= 11 is 0. The van der Waals surface area contributed by atoms with Crippen molar-refractivity contribution in [1.82, 2.24) is 0 Å². The molecule has 3 N–H and O–H groups in total. The normalized spacial score (nSPS) is 16.3. The van der Waals surface area contributed by atoms with Crippen LogP contribution >= 0.6 is 0 Å². The van der Waals surface area contributed by atoms with Crippen molar-refractivity contribution in [1.29, 1.82) is 0 Å². The van der Waals surface area contributed by atoms with Crippen molar-refractivity contribution in [3.8, 4) is 0 Å². The largest absolute Gasteiger partial charge is 0.508 e. The summed E-state index contributed by atoms with van der Waals surface area (Å²) in [5.41, 5.74) is 0.113. The molecular weight excluding hydrogens is 212 g/mol. The summed E-state index contributed by atoms with van der Waals surface area (Å²) in [6, 6.07) is 0. The van der Waals surface area contributed by atoms with Crippen molar-refractivity contribution in [2.45, 2.75) is 19.8 Å². The lowest BCUT2D eigenvalue weighted by Gasteiger charge is -2.03. The van der Waals surface area contributed by atoms with E-state index >= 15 is 0 Å². The molecule has 0 atom stereocenters. The van der Waals surface area contributed by atoms with Crippen LogP contribution in [0, 0.1) is 0 Å². The van der Waals surface area contributed by atoms with Crippen molar-refractivity contribution < 1.29 is 24.9 Å².